The first-order valence-corrected chi connectivity index (χ1v) is 16.3. The van der Waals surface area contributed by atoms with Gasteiger partial charge in [-0.15, -0.1) is 0 Å². The fourth-order valence-corrected chi connectivity index (χ4v) is 4.96. The molecule has 0 heterocycles. The molecule has 0 aromatic heterocycles. The van der Waals surface area contributed by atoms with Crippen LogP contribution in [-0.2, 0) is 20.5 Å². The first-order valence-electron chi connectivity index (χ1n) is 14.6. The molecule has 1 aromatic rings. The van der Waals surface area contributed by atoms with Crippen LogP contribution in [0.15, 0.2) is 30.3 Å². The first-order chi connectivity index (χ1) is 17.4. The van der Waals surface area contributed by atoms with E-state index in [0.717, 1.165) is 12.8 Å². The summed E-state index contributed by atoms with van der Waals surface area (Å²) in [6.07, 6.45) is 21.6. The van der Waals surface area contributed by atoms with Gasteiger partial charge in [-0.1, -0.05) is 134 Å². The minimum atomic E-state index is -4.19. The molecule has 209 valence electrons. The second kappa shape index (κ2) is 22.3. The summed E-state index contributed by atoms with van der Waals surface area (Å²) in [4.78, 5) is 18.1. The van der Waals surface area contributed by atoms with E-state index in [-0.39, 0.29) is 6.10 Å². The molecule has 0 amide bonds. The molecule has 0 saturated carbocycles. The average molecular weight is 526 g/mol. The maximum atomic E-state index is 11.1. The fraction of sp³-hybridized carbons (Fsp3) is 0.767. The van der Waals surface area contributed by atoms with Crippen molar-refractivity contribution >= 4 is 7.60 Å². The second-order valence-corrected chi connectivity index (χ2v) is 11.9. The molecule has 0 aliphatic rings. The summed E-state index contributed by atoms with van der Waals surface area (Å²) >= 11 is 0. The van der Waals surface area contributed by atoms with Crippen molar-refractivity contribution in [1.82, 2.24) is 0 Å². The molecule has 2 atom stereocenters. The van der Waals surface area contributed by atoms with Gasteiger partial charge < -0.3 is 19.3 Å². The van der Waals surface area contributed by atoms with Crippen molar-refractivity contribution in [3.63, 3.8) is 0 Å². The number of hydrogen-bond acceptors (Lipinski definition) is 3. The molecule has 0 fully saturated rings. The molecule has 0 bridgehead atoms. The zero-order valence-corrected chi connectivity index (χ0v) is 23.9. The lowest BCUT2D eigenvalue weighted by atomic mass is 10.0. The van der Waals surface area contributed by atoms with E-state index in [1.807, 2.05) is 18.2 Å². The van der Waals surface area contributed by atoms with Crippen LogP contribution in [0.25, 0.3) is 0 Å². The zero-order chi connectivity index (χ0) is 26.3. The lowest BCUT2D eigenvalue weighted by Crippen LogP contribution is -2.24. The maximum absolute atomic E-state index is 11.1. The summed E-state index contributed by atoms with van der Waals surface area (Å²) in [6, 6.07) is 10.1. The third-order valence-electron chi connectivity index (χ3n) is 6.66. The van der Waals surface area contributed by atoms with Crippen molar-refractivity contribution in [1.29, 1.82) is 0 Å². The highest BCUT2D eigenvalue weighted by molar-refractivity contribution is 7.51. The summed E-state index contributed by atoms with van der Waals surface area (Å²) < 4.78 is 22.5. The predicted octanol–water partition coefficient (Wildman–Crippen LogP) is 8.62. The quantitative estimate of drug-likeness (QED) is 0.0987. The number of unbranched alkanes of at least 4 members (excludes halogenated alkanes) is 15. The van der Waals surface area contributed by atoms with Crippen molar-refractivity contribution in [2.24, 2.45) is 0 Å². The van der Waals surface area contributed by atoms with Crippen LogP contribution >= 0.6 is 7.60 Å². The van der Waals surface area contributed by atoms with Crippen LogP contribution in [0.3, 0.4) is 0 Å². The molecule has 1 aromatic carbocycles. The summed E-state index contributed by atoms with van der Waals surface area (Å²) in [5, 5.41) is 0. The van der Waals surface area contributed by atoms with Gasteiger partial charge in [-0.05, 0) is 25.3 Å². The Labute approximate surface area is 221 Å². The molecule has 2 N–H and O–H groups in total. The molecular formula is C30H54O5P. The highest BCUT2D eigenvalue weighted by Crippen LogP contribution is 2.34. The van der Waals surface area contributed by atoms with E-state index in [9.17, 15) is 4.57 Å². The third kappa shape index (κ3) is 21.4. The average Bonchev–Trinajstić information content (AvgIpc) is 2.85. The molecule has 0 aliphatic carbocycles. The minimum absolute atomic E-state index is 0.0805. The van der Waals surface area contributed by atoms with Crippen LogP contribution in [0.5, 0.6) is 0 Å². The molecule has 6 heteroatoms. The largest absolute Gasteiger partial charge is 0.378 e. The summed E-state index contributed by atoms with van der Waals surface area (Å²) in [5.74, 6) is 0. The van der Waals surface area contributed by atoms with Crippen LogP contribution in [0.2, 0.25) is 0 Å². The summed E-state index contributed by atoms with van der Waals surface area (Å²) in [5.41, 5.74) is 1.18. The second-order valence-electron chi connectivity index (χ2n) is 10.3. The van der Waals surface area contributed by atoms with Gasteiger partial charge in [0.05, 0.1) is 12.2 Å². The van der Waals surface area contributed by atoms with Gasteiger partial charge in [-0.3, -0.25) is 4.57 Å². The molecule has 0 aliphatic heterocycles. The Hall–Kier alpha value is -0.710. The maximum Gasteiger partial charge on any atom is 0.350 e. The van der Waals surface area contributed by atoms with E-state index < -0.39 is 20.0 Å². The topological polar surface area (TPSA) is 76.0 Å². The van der Waals surface area contributed by atoms with Crippen molar-refractivity contribution in [3.05, 3.63) is 42.8 Å². The Morgan fingerprint density at radius 2 is 1.22 bits per heavy atom. The van der Waals surface area contributed by atoms with Gasteiger partial charge in [0.2, 0.25) is 0 Å². The standard InChI is InChI=1S/C30H54O5P/c1-3-4-5-6-7-8-9-10-11-12-13-14-15-16-17-21-24-34-30(26-29-22-19-18-20-23-29)25-28(2)35-27-36(31,32)33/h18-20,22-23,28,30H,2-17,21,24-27H2,1H3,(H2,31,32,33). The van der Waals surface area contributed by atoms with Crippen LogP contribution < -0.4 is 0 Å². The zero-order valence-electron chi connectivity index (χ0n) is 23.0. The number of ether oxygens (including phenoxy) is 2. The van der Waals surface area contributed by atoms with Crippen LogP contribution in [0.1, 0.15) is 122 Å². The Kier molecular flexibility index (Phi) is 20.6. The molecule has 36 heavy (non-hydrogen) atoms. The SMILES string of the molecule is [CH2]C(CC(Cc1ccccc1)OCCCCCCCCCCCCCCCCCC)OCP(=O)(O)O. The summed E-state index contributed by atoms with van der Waals surface area (Å²) in [6.45, 7) is 6.88. The lowest BCUT2D eigenvalue weighted by Gasteiger charge is -2.22. The van der Waals surface area contributed by atoms with Gasteiger partial charge in [0.25, 0.3) is 0 Å². The number of hydrogen-bond donors (Lipinski definition) is 2. The fourth-order valence-electron chi connectivity index (χ4n) is 4.55. The monoisotopic (exact) mass is 525 g/mol. The Bertz CT molecular complexity index is 648. The van der Waals surface area contributed by atoms with E-state index in [4.69, 9.17) is 19.3 Å². The normalized spacial score (nSPS) is 13.7. The lowest BCUT2D eigenvalue weighted by molar-refractivity contribution is 0.00460. The Morgan fingerprint density at radius 3 is 1.69 bits per heavy atom. The summed E-state index contributed by atoms with van der Waals surface area (Å²) in [7, 11) is -4.19. The van der Waals surface area contributed by atoms with E-state index in [2.05, 4.69) is 26.0 Å². The van der Waals surface area contributed by atoms with Crippen molar-refractivity contribution in [2.75, 3.05) is 13.0 Å². The van der Waals surface area contributed by atoms with Crippen LogP contribution in [-0.4, -0.2) is 34.9 Å². The van der Waals surface area contributed by atoms with Gasteiger partial charge in [0.15, 0.2) is 0 Å². The van der Waals surface area contributed by atoms with Gasteiger partial charge in [0, 0.05) is 13.0 Å². The molecule has 2 unspecified atom stereocenters. The molecule has 0 saturated heterocycles. The van der Waals surface area contributed by atoms with E-state index in [1.54, 1.807) is 0 Å². The van der Waals surface area contributed by atoms with Crippen LogP contribution in [0.4, 0.5) is 0 Å². The molecular weight excluding hydrogens is 471 g/mol. The van der Waals surface area contributed by atoms with Crippen molar-refractivity contribution < 1.29 is 23.8 Å². The van der Waals surface area contributed by atoms with E-state index in [0.29, 0.717) is 13.0 Å². The van der Waals surface area contributed by atoms with Crippen LogP contribution in [0, 0.1) is 6.92 Å². The first kappa shape index (κ1) is 33.3. The Balaban J connectivity index is 2.07. The third-order valence-corrected chi connectivity index (χ3v) is 7.15. The smallest absolute Gasteiger partial charge is 0.350 e. The van der Waals surface area contributed by atoms with Gasteiger partial charge in [-0.2, -0.15) is 0 Å². The minimum Gasteiger partial charge on any atom is -0.378 e. The van der Waals surface area contributed by atoms with Gasteiger partial charge in [0.1, 0.15) is 6.35 Å². The predicted molar refractivity (Wildman–Crippen MR) is 151 cm³/mol. The van der Waals surface area contributed by atoms with E-state index >= 15 is 0 Å². The highest BCUT2D eigenvalue weighted by atomic mass is 31.2. The number of rotatable bonds is 25. The van der Waals surface area contributed by atoms with Crippen molar-refractivity contribution in [2.45, 2.75) is 135 Å². The molecule has 5 nitrogen and oxygen atoms in total. The molecule has 1 rings (SSSR count). The number of benzene rings is 1. The van der Waals surface area contributed by atoms with E-state index in [1.165, 1.54) is 102 Å². The van der Waals surface area contributed by atoms with Gasteiger partial charge >= 0.3 is 7.60 Å². The van der Waals surface area contributed by atoms with Gasteiger partial charge in [-0.25, -0.2) is 0 Å². The molecule has 1 radical (unpaired) electrons. The Morgan fingerprint density at radius 1 is 0.750 bits per heavy atom. The molecule has 0 spiro atoms. The van der Waals surface area contributed by atoms with Crippen molar-refractivity contribution in [3.8, 4) is 0 Å². The highest BCUT2D eigenvalue weighted by Gasteiger charge is 2.19.